The Morgan fingerprint density at radius 3 is 2.11 bits per heavy atom. The number of hydrogen-bond donors (Lipinski definition) is 0. The highest BCUT2D eigenvalue weighted by Gasteiger charge is 2.22. The van der Waals surface area contributed by atoms with E-state index in [-0.39, 0.29) is 5.41 Å². The lowest BCUT2D eigenvalue weighted by atomic mass is 9.78. The predicted octanol–water partition coefficient (Wildman–Crippen LogP) is 5.09. The molecule has 0 radical (unpaired) electrons. The van der Waals surface area contributed by atoms with Gasteiger partial charge in [-0.3, -0.25) is 0 Å². The van der Waals surface area contributed by atoms with Gasteiger partial charge in [-0.25, -0.2) is 14.6 Å². The van der Waals surface area contributed by atoms with Crippen molar-refractivity contribution in [2.24, 2.45) is 0 Å². The smallest absolute Gasteiger partial charge is 0.237 e. The molecular weight excluding hydrogens is 348 g/mol. The fraction of sp³-hybridized carbons (Fsp3) is 0.174. The molecule has 0 aliphatic carbocycles. The molecular formula is C23H22N4O. The van der Waals surface area contributed by atoms with Gasteiger partial charge in [0.1, 0.15) is 5.75 Å². The largest absolute Gasteiger partial charge is 0.438 e. The molecule has 0 saturated carbocycles. The summed E-state index contributed by atoms with van der Waals surface area (Å²) in [6.45, 7) is 6.56. The number of aryl methyl sites for hydroxylation is 1. The van der Waals surface area contributed by atoms with Gasteiger partial charge in [-0.05, 0) is 36.2 Å². The Labute approximate surface area is 164 Å². The summed E-state index contributed by atoms with van der Waals surface area (Å²) in [5, 5.41) is 4.14. The van der Waals surface area contributed by atoms with Gasteiger partial charge in [-0.1, -0.05) is 55.8 Å². The average Bonchev–Trinajstić information content (AvgIpc) is 3.24. The SMILES string of the molecule is Cc1ccc(C(C)(C)c2ccc(Oc3cnc(-n4cccn4)cn3)cc2)cc1. The van der Waals surface area contributed by atoms with Crippen LogP contribution in [0.3, 0.4) is 0 Å². The van der Waals surface area contributed by atoms with Crippen molar-refractivity contribution >= 4 is 0 Å². The molecule has 5 nitrogen and oxygen atoms in total. The molecule has 5 heteroatoms. The molecule has 0 atom stereocenters. The maximum Gasteiger partial charge on any atom is 0.237 e. The molecule has 0 bridgehead atoms. The molecule has 2 aromatic heterocycles. The quantitative estimate of drug-likeness (QED) is 0.491. The monoisotopic (exact) mass is 370 g/mol. The van der Waals surface area contributed by atoms with E-state index in [9.17, 15) is 0 Å². The van der Waals surface area contributed by atoms with Crippen LogP contribution in [0.25, 0.3) is 5.82 Å². The van der Waals surface area contributed by atoms with Gasteiger partial charge in [0, 0.05) is 17.8 Å². The van der Waals surface area contributed by atoms with Crippen LogP contribution in [0.4, 0.5) is 0 Å². The van der Waals surface area contributed by atoms with Gasteiger partial charge >= 0.3 is 0 Å². The highest BCUT2D eigenvalue weighted by atomic mass is 16.5. The van der Waals surface area contributed by atoms with Crippen molar-refractivity contribution in [1.29, 1.82) is 0 Å². The molecule has 0 amide bonds. The van der Waals surface area contributed by atoms with Crippen LogP contribution < -0.4 is 4.74 Å². The lowest BCUT2D eigenvalue weighted by Gasteiger charge is -2.26. The van der Waals surface area contributed by atoms with Crippen LogP contribution in [-0.2, 0) is 5.41 Å². The van der Waals surface area contributed by atoms with Gasteiger partial charge < -0.3 is 4.74 Å². The third-order valence-electron chi connectivity index (χ3n) is 4.93. The first kappa shape index (κ1) is 17.9. The summed E-state index contributed by atoms with van der Waals surface area (Å²) in [4.78, 5) is 8.65. The van der Waals surface area contributed by atoms with E-state index in [4.69, 9.17) is 4.74 Å². The van der Waals surface area contributed by atoms with Crippen LogP contribution in [-0.4, -0.2) is 19.7 Å². The van der Waals surface area contributed by atoms with Gasteiger partial charge in [0.15, 0.2) is 5.82 Å². The van der Waals surface area contributed by atoms with Crippen LogP contribution >= 0.6 is 0 Å². The van der Waals surface area contributed by atoms with Crippen LogP contribution in [0.1, 0.15) is 30.5 Å². The first-order valence-corrected chi connectivity index (χ1v) is 9.20. The third kappa shape index (κ3) is 3.64. The summed E-state index contributed by atoms with van der Waals surface area (Å²) in [6.07, 6.45) is 6.75. The second-order valence-electron chi connectivity index (χ2n) is 7.28. The van der Waals surface area contributed by atoms with Gasteiger partial charge in [0.05, 0.1) is 12.4 Å². The van der Waals surface area contributed by atoms with Gasteiger partial charge in [0.25, 0.3) is 0 Å². The van der Waals surface area contributed by atoms with E-state index in [1.54, 1.807) is 23.3 Å². The molecule has 0 saturated heterocycles. The predicted molar refractivity (Wildman–Crippen MR) is 109 cm³/mol. The number of hydrogen-bond acceptors (Lipinski definition) is 4. The maximum atomic E-state index is 5.84. The molecule has 0 fully saturated rings. The minimum absolute atomic E-state index is 0.0859. The topological polar surface area (TPSA) is 52.8 Å². The van der Waals surface area contributed by atoms with Crippen molar-refractivity contribution in [2.75, 3.05) is 0 Å². The Bertz CT molecular complexity index is 1040. The number of rotatable bonds is 5. The van der Waals surface area contributed by atoms with Crippen molar-refractivity contribution in [3.63, 3.8) is 0 Å². The second kappa shape index (κ2) is 7.27. The summed E-state index contributed by atoms with van der Waals surface area (Å²) in [5.41, 5.74) is 3.69. The molecule has 2 aromatic carbocycles. The third-order valence-corrected chi connectivity index (χ3v) is 4.93. The average molecular weight is 370 g/mol. The fourth-order valence-electron chi connectivity index (χ4n) is 3.08. The second-order valence-corrected chi connectivity index (χ2v) is 7.28. The van der Waals surface area contributed by atoms with Gasteiger partial charge in [0.2, 0.25) is 5.88 Å². The first-order chi connectivity index (χ1) is 13.5. The van der Waals surface area contributed by atoms with E-state index in [1.165, 1.54) is 16.7 Å². The van der Waals surface area contributed by atoms with Crippen LogP contribution in [0.15, 0.2) is 79.4 Å². The lowest BCUT2D eigenvalue weighted by Crippen LogP contribution is -2.18. The van der Waals surface area contributed by atoms with Crippen LogP contribution in [0.5, 0.6) is 11.6 Å². The minimum atomic E-state index is -0.0859. The van der Waals surface area contributed by atoms with E-state index in [0.717, 1.165) is 5.75 Å². The summed E-state index contributed by atoms with van der Waals surface area (Å²) >= 11 is 0. The Hall–Kier alpha value is -3.47. The Morgan fingerprint density at radius 2 is 1.54 bits per heavy atom. The van der Waals surface area contributed by atoms with Crippen molar-refractivity contribution in [2.45, 2.75) is 26.2 Å². The minimum Gasteiger partial charge on any atom is -0.438 e. The Kier molecular flexibility index (Phi) is 4.65. The molecule has 0 aliphatic heterocycles. The van der Waals surface area contributed by atoms with Crippen molar-refractivity contribution in [1.82, 2.24) is 19.7 Å². The van der Waals surface area contributed by atoms with Crippen molar-refractivity contribution < 1.29 is 4.74 Å². The molecule has 2 heterocycles. The fourth-order valence-corrected chi connectivity index (χ4v) is 3.08. The summed E-state index contributed by atoms with van der Waals surface area (Å²) < 4.78 is 7.49. The summed E-state index contributed by atoms with van der Waals surface area (Å²) in [5.74, 6) is 1.82. The Balaban J connectivity index is 1.49. The molecule has 0 unspecified atom stereocenters. The maximum absolute atomic E-state index is 5.84. The molecule has 4 rings (SSSR count). The van der Waals surface area contributed by atoms with Crippen molar-refractivity contribution in [3.8, 4) is 17.4 Å². The number of ether oxygens (including phenoxy) is 1. The van der Waals surface area contributed by atoms with Crippen LogP contribution in [0.2, 0.25) is 0 Å². The molecule has 0 aliphatic rings. The van der Waals surface area contributed by atoms with Gasteiger partial charge in [-0.2, -0.15) is 5.10 Å². The number of benzene rings is 2. The number of aromatic nitrogens is 4. The zero-order chi connectivity index (χ0) is 19.6. The van der Waals surface area contributed by atoms with E-state index >= 15 is 0 Å². The molecule has 0 spiro atoms. The first-order valence-electron chi connectivity index (χ1n) is 9.20. The van der Waals surface area contributed by atoms with Crippen LogP contribution in [0, 0.1) is 6.92 Å². The number of nitrogens with zero attached hydrogens (tertiary/aromatic N) is 4. The van der Waals surface area contributed by atoms with E-state index in [1.807, 2.05) is 24.4 Å². The summed E-state index contributed by atoms with van der Waals surface area (Å²) in [7, 11) is 0. The lowest BCUT2D eigenvalue weighted by molar-refractivity contribution is 0.459. The normalized spacial score (nSPS) is 11.4. The van der Waals surface area contributed by atoms with E-state index in [0.29, 0.717) is 11.7 Å². The molecule has 4 aromatic rings. The van der Waals surface area contributed by atoms with E-state index < -0.39 is 0 Å². The van der Waals surface area contributed by atoms with Gasteiger partial charge in [-0.15, -0.1) is 0 Å². The van der Waals surface area contributed by atoms with Crippen molar-refractivity contribution in [3.05, 3.63) is 96.1 Å². The molecule has 0 N–H and O–H groups in total. The standard InChI is InChI=1S/C23H22N4O/c1-17-5-7-18(8-6-17)23(2,3)19-9-11-20(12-10-19)28-22-16-24-21(15-25-22)27-14-4-13-26-27/h4-16H,1-3H3. The zero-order valence-corrected chi connectivity index (χ0v) is 16.2. The summed E-state index contributed by atoms with van der Waals surface area (Å²) in [6, 6.07) is 18.7. The highest BCUT2D eigenvalue weighted by molar-refractivity contribution is 5.41. The molecule has 28 heavy (non-hydrogen) atoms. The van der Waals surface area contributed by atoms with E-state index in [2.05, 4.69) is 72.2 Å². The highest BCUT2D eigenvalue weighted by Crippen LogP contribution is 2.33. The Morgan fingerprint density at radius 1 is 0.857 bits per heavy atom. The molecule has 140 valence electrons. The zero-order valence-electron chi connectivity index (χ0n) is 16.2.